The summed E-state index contributed by atoms with van der Waals surface area (Å²) >= 11 is 6.01. The maximum Gasteiger partial charge on any atom is 0.274 e. The summed E-state index contributed by atoms with van der Waals surface area (Å²) in [5.41, 5.74) is 3.79. The standard InChI is InChI=1S/C25H21ClN4O2/c1-29(2)25(32)18-10-14-20(15-11-18)27-24(31)23-16-22(17-8-12-19(26)13-9-17)28-30(23)21-6-4-3-5-7-21/h3-16H,1-2H3,(H,27,31). The number of para-hydroxylation sites is 1. The Bertz CT molecular complexity index is 1250. The highest BCUT2D eigenvalue weighted by molar-refractivity contribution is 6.30. The minimum absolute atomic E-state index is 0.0994. The zero-order valence-corrected chi connectivity index (χ0v) is 18.4. The number of amides is 2. The van der Waals surface area contributed by atoms with Gasteiger partial charge in [-0.2, -0.15) is 5.10 Å². The summed E-state index contributed by atoms with van der Waals surface area (Å²) in [4.78, 5) is 26.7. The van der Waals surface area contributed by atoms with E-state index in [9.17, 15) is 9.59 Å². The van der Waals surface area contributed by atoms with E-state index in [2.05, 4.69) is 10.4 Å². The third-order valence-corrected chi connectivity index (χ3v) is 5.13. The summed E-state index contributed by atoms with van der Waals surface area (Å²) in [6, 6.07) is 25.3. The molecule has 1 N–H and O–H groups in total. The lowest BCUT2D eigenvalue weighted by Crippen LogP contribution is -2.21. The normalized spacial score (nSPS) is 10.6. The van der Waals surface area contributed by atoms with Gasteiger partial charge in [-0.3, -0.25) is 9.59 Å². The van der Waals surface area contributed by atoms with Crippen LogP contribution in [0.1, 0.15) is 20.8 Å². The molecule has 0 spiro atoms. The molecule has 160 valence electrons. The first-order valence-corrected chi connectivity index (χ1v) is 10.3. The number of carbonyl (C=O) groups is 2. The molecular formula is C25H21ClN4O2. The molecule has 7 heteroatoms. The van der Waals surface area contributed by atoms with Gasteiger partial charge in [0.2, 0.25) is 0 Å². The number of nitrogens with one attached hydrogen (secondary N) is 1. The fourth-order valence-corrected chi connectivity index (χ4v) is 3.35. The van der Waals surface area contributed by atoms with Crippen LogP contribution in [-0.2, 0) is 0 Å². The topological polar surface area (TPSA) is 67.2 Å². The largest absolute Gasteiger partial charge is 0.345 e. The monoisotopic (exact) mass is 444 g/mol. The summed E-state index contributed by atoms with van der Waals surface area (Å²) < 4.78 is 1.61. The number of anilines is 1. The number of nitrogens with zero attached hydrogens (tertiary/aromatic N) is 3. The van der Waals surface area contributed by atoms with Crippen LogP contribution in [0.4, 0.5) is 5.69 Å². The molecule has 2 amide bonds. The van der Waals surface area contributed by atoms with E-state index in [1.807, 2.05) is 42.5 Å². The molecule has 32 heavy (non-hydrogen) atoms. The average Bonchev–Trinajstić information content (AvgIpc) is 3.26. The lowest BCUT2D eigenvalue weighted by molar-refractivity contribution is 0.0827. The van der Waals surface area contributed by atoms with Gasteiger partial charge >= 0.3 is 0 Å². The Labute approximate surface area is 191 Å². The summed E-state index contributed by atoms with van der Waals surface area (Å²) in [6.07, 6.45) is 0. The lowest BCUT2D eigenvalue weighted by Gasteiger charge is -2.11. The molecular weight excluding hydrogens is 424 g/mol. The second-order valence-corrected chi connectivity index (χ2v) is 7.84. The van der Waals surface area contributed by atoms with Crippen molar-refractivity contribution < 1.29 is 9.59 Å². The van der Waals surface area contributed by atoms with Gasteiger partial charge in [0, 0.05) is 35.9 Å². The van der Waals surface area contributed by atoms with E-state index in [-0.39, 0.29) is 11.8 Å². The Kier molecular flexibility index (Phi) is 6.05. The maximum atomic E-state index is 13.2. The second-order valence-electron chi connectivity index (χ2n) is 7.40. The van der Waals surface area contributed by atoms with Crippen molar-refractivity contribution in [1.29, 1.82) is 0 Å². The van der Waals surface area contributed by atoms with Gasteiger partial charge in [0.1, 0.15) is 5.69 Å². The number of hydrogen-bond donors (Lipinski definition) is 1. The molecule has 0 saturated carbocycles. The smallest absolute Gasteiger partial charge is 0.274 e. The zero-order chi connectivity index (χ0) is 22.7. The van der Waals surface area contributed by atoms with E-state index < -0.39 is 0 Å². The Balaban J connectivity index is 1.66. The van der Waals surface area contributed by atoms with Crippen molar-refractivity contribution in [3.8, 4) is 16.9 Å². The molecule has 0 aliphatic heterocycles. The molecule has 3 aromatic carbocycles. The molecule has 0 saturated heterocycles. The Morgan fingerprint density at radius 1 is 0.906 bits per heavy atom. The van der Waals surface area contributed by atoms with Gasteiger partial charge in [0.25, 0.3) is 11.8 Å². The van der Waals surface area contributed by atoms with Gasteiger partial charge in [-0.05, 0) is 54.6 Å². The first-order chi connectivity index (χ1) is 15.4. The third kappa shape index (κ3) is 4.55. The average molecular weight is 445 g/mol. The second kappa shape index (κ2) is 9.08. The van der Waals surface area contributed by atoms with Crippen molar-refractivity contribution in [3.05, 3.63) is 101 Å². The van der Waals surface area contributed by atoms with Gasteiger partial charge in [0.05, 0.1) is 11.4 Å². The fourth-order valence-electron chi connectivity index (χ4n) is 3.22. The predicted octanol–water partition coefficient (Wildman–Crippen LogP) is 5.15. The Morgan fingerprint density at radius 3 is 2.19 bits per heavy atom. The molecule has 0 fully saturated rings. The number of halogens is 1. The molecule has 0 radical (unpaired) electrons. The van der Waals surface area contributed by atoms with Crippen molar-refractivity contribution in [1.82, 2.24) is 14.7 Å². The third-order valence-electron chi connectivity index (χ3n) is 4.88. The van der Waals surface area contributed by atoms with Crippen LogP contribution >= 0.6 is 11.6 Å². The summed E-state index contributed by atoms with van der Waals surface area (Å²) in [6.45, 7) is 0. The van der Waals surface area contributed by atoms with Crippen LogP contribution in [0.3, 0.4) is 0 Å². The van der Waals surface area contributed by atoms with Gasteiger partial charge in [-0.25, -0.2) is 4.68 Å². The molecule has 4 rings (SSSR count). The van der Waals surface area contributed by atoms with E-state index in [0.717, 1.165) is 11.3 Å². The summed E-state index contributed by atoms with van der Waals surface area (Å²) in [7, 11) is 3.39. The highest BCUT2D eigenvalue weighted by atomic mass is 35.5. The van der Waals surface area contributed by atoms with Crippen LogP contribution in [0, 0.1) is 0 Å². The lowest BCUT2D eigenvalue weighted by atomic mass is 10.1. The van der Waals surface area contributed by atoms with Crippen molar-refractivity contribution >= 4 is 29.1 Å². The van der Waals surface area contributed by atoms with E-state index >= 15 is 0 Å². The number of rotatable bonds is 5. The first kappa shape index (κ1) is 21.3. The molecule has 0 atom stereocenters. The van der Waals surface area contributed by atoms with Crippen LogP contribution in [0.25, 0.3) is 16.9 Å². The number of benzene rings is 3. The molecule has 1 heterocycles. The quantitative estimate of drug-likeness (QED) is 0.463. The minimum atomic E-state index is -0.312. The summed E-state index contributed by atoms with van der Waals surface area (Å²) in [5, 5.41) is 8.18. The predicted molar refractivity (Wildman–Crippen MR) is 126 cm³/mol. The van der Waals surface area contributed by atoms with Gasteiger partial charge in [-0.15, -0.1) is 0 Å². The molecule has 4 aromatic rings. The van der Waals surface area contributed by atoms with E-state index in [0.29, 0.717) is 27.7 Å². The molecule has 6 nitrogen and oxygen atoms in total. The maximum absolute atomic E-state index is 13.2. The first-order valence-electron chi connectivity index (χ1n) is 9.97. The minimum Gasteiger partial charge on any atom is -0.345 e. The molecule has 0 bridgehead atoms. The molecule has 1 aromatic heterocycles. The van der Waals surface area contributed by atoms with Crippen LogP contribution in [0.2, 0.25) is 5.02 Å². The van der Waals surface area contributed by atoms with Crippen LogP contribution < -0.4 is 5.32 Å². The number of aromatic nitrogens is 2. The molecule has 0 unspecified atom stereocenters. The molecule has 0 aliphatic carbocycles. The van der Waals surface area contributed by atoms with Crippen molar-refractivity contribution in [2.75, 3.05) is 19.4 Å². The molecule has 0 aliphatic rings. The van der Waals surface area contributed by atoms with E-state index in [1.165, 1.54) is 4.90 Å². The van der Waals surface area contributed by atoms with Crippen molar-refractivity contribution in [2.24, 2.45) is 0 Å². The van der Waals surface area contributed by atoms with Gasteiger partial charge in [0.15, 0.2) is 0 Å². The fraction of sp³-hybridized carbons (Fsp3) is 0.0800. The SMILES string of the molecule is CN(C)C(=O)c1ccc(NC(=O)c2cc(-c3ccc(Cl)cc3)nn2-c2ccccc2)cc1. The zero-order valence-electron chi connectivity index (χ0n) is 17.6. The summed E-state index contributed by atoms with van der Waals surface area (Å²) in [5.74, 6) is -0.411. The highest BCUT2D eigenvalue weighted by Crippen LogP contribution is 2.24. The van der Waals surface area contributed by atoms with E-state index in [1.54, 1.807) is 61.2 Å². The number of carbonyl (C=O) groups excluding carboxylic acids is 2. The van der Waals surface area contributed by atoms with Crippen LogP contribution in [0.15, 0.2) is 84.9 Å². The highest BCUT2D eigenvalue weighted by Gasteiger charge is 2.18. The van der Waals surface area contributed by atoms with E-state index in [4.69, 9.17) is 11.6 Å². The Hall–Kier alpha value is -3.90. The Morgan fingerprint density at radius 2 is 1.56 bits per heavy atom. The van der Waals surface area contributed by atoms with Gasteiger partial charge < -0.3 is 10.2 Å². The van der Waals surface area contributed by atoms with Gasteiger partial charge in [-0.1, -0.05) is 41.9 Å². The van der Waals surface area contributed by atoms with Crippen molar-refractivity contribution in [3.63, 3.8) is 0 Å². The number of hydrogen-bond acceptors (Lipinski definition) is 3. The van der Waals surface area contributed by atoms with Crippen LogP contribution in [-0.4, -0.2) is 40.6 Å². The van der Waals surface area contributed by atoms with Crippen molar-refractivity contribution in [2.45, 2.75) is 0 Å². The van der Waals surface area contributed by atoms with Crippen LogP contribution in [0.5, 0.6) is 0 Å².